The molecule has 0 aromatic carbocycles. The molecule has 0 aromatic rings. The van der Waals surface area contributed by atoms with E-state index in [1.165, 1.54) is 83.5 Å². The minimum atomic E-state index is -0.889. The molecule has 4 nitrogen and oxygen atoms in total. The van der Waals surface area contributed by atoms with Crippen LogP contribution >= 0.6 is 0 Å². The summed E-state index contributed by atoms with van der Waals surface area (Å²) in [6.07, 6.45) is 28.1. The van der Waals surface area contributed by atoms with Crippen molar-refractivity contribution in [2.45, 2.75) is 161 Å². The second-order valence-electron chi connectivity index (χ2n) is 9.60. The predicted molar refractivity (Wildman–Crippen MR) is 140 cm³/mol. The number of unbranched alkanes of at least 4 members (excludes halogenated alkanes) is 16. The fourth-order valence-corrected chi connectivity index (χ4v) is 4.13. The van der Waals surface area contributed by atoms with Crippen molar-refractivity contribution in [3.63, 3.8) is 0 Å². The number of allylic oxidation sites excluding steroid dienone is 2. The third-order valence-corrected chi connectivity index (χ3v) is 6.22. The Balaban J connectivity index is 3.66. The number of carboxylic acids is 1. The molecule has 0 aromatic heterocycles. The number of rotatable bonds is 25. The van der Waals surface area contributed by atoms with Crippen LogP contribution in [0.15, 0.2) is 12.2 Å². The quantitative estimate of drug-likeness (QED) is 0.0827. The van der Waals surface area contributed by atoms with E-state index in [1.54, 1.807) is 0 Å². The number of carbonyl (C=O) groups is 2. The minimum absolute atomic E-state index is 0.0763. The van der Waals surface area contributed by atoms with Gasteiger partial charge in [-0.1, -0.05) is 109 Å². The summed E-state index contributed by atoms with van der Waals surface area (Å²) in [4.78, 5) is 23.2. The van der Waals surface area contributed by atoms with Gasteiger partial charge in [0.15, 0.2) is 0 Å². The van der Waals surface area contributed by atoms with Gasteiger partial charge in [-0.2, -0.15) is 0 Å². The van der Waals surface area contributed by atoms with Crippen molar-refractivity contribution in [2.24, 2.45) is 0 Å². The molecule has 194 valence electrons. The van der Waals surface area contributed by atoms with Crippen molar-refractivity contribution in [1.29, 1.82) is 0 Å². The van der Waals surface area contributed by atoms with Gasteiger partial charge in [0.1, 0.15) is 6.10 Å². The van der Waals surface area contributed by atoms with Crippen LogP contribution in [0.3, 0.4) is 0 Å². The number of carboxylic acid groups (broad SMARTS) is 1. The average Bonchev–Trinajstić information content (AvgIpc) is 2.78. The Morgan fingerprint density at radius 3 is 1.64 bits per heavy atom. The molecule has 0 aliphatic carbocycles. The SMILES string of the molecule is CCCCCCCC/C=C\CCCCCCCC(=O)OC(CCCCCCCC)CC(=O)O. The molecule has 1 atom stereocenters. The van der Waals surface area contributed by atoms with Crippen LogP contribution in [0.4, 0.5) is 0 Å². The van der Waals surface area contributed by atoms with E-state index in [-0.39, 0.29) is 12.4 Å². The van der Waals surface area contributed by atoms with Crippen LogP contribution in [0.5, 0.6) is 0 Å². The first kappa shape index (κ1) is 31.7. The molecule has 33 heavy (non-hydrogen) atoms. The summed E-state index contributed by atoms with van der Waals surface area (Å²) in [5, 5.41) is 9.09. The van der Waals surface area contributed by atoms with E-state index >= 15 is 0 Å². The maximum absolute atomic E-state index is 12.1. The van der Waals surface area contributed by atoms with Crippen LogP contribution in [0.1, 0.15) is 155 Å². The van der Waals surface area contributed by atoms with Gasteiger partial charge in [0, 0.05) is 6.42 Å². The number of ether oxygens (including phenoxy) is 1. The van der Waals surface area contributed by atoms with E-state index in [0.717, 1.165) is 38.5 Å². The lowest BCUT2D eigenvalue weighted by molar-refractivity contribution is -0.153. The number of hydrogen-bond acceptors (Lipinski definition) is 3. The first-order chi connectivity index (χ1) is 16.1. The second-order valence-corrected chi connectivity index (χ2v) is 9.60. The number of carbonyl (C=O) groups excluding carboxylic acids is 1. The fraction of sp³-hybridized carbons (Fsp3) is 0.862. The highest BCUT2D eigenvalue weighted by Gasteiger charge is 2.17. The van der Waals surface area contributed by atoms with Crippen LogP contribution < -0.4 is 0 Å². The summed E-state index contributed by atoms with van der Waals surface area (Å²) in [5.41, 5.74) is 0. The monoisotopic (exact) mass is 466 g/mol. The van der Waals surface area contributed by atoms with E-state index in [2.05, 4.69) is 26.0 Å². The zero-order chi connectivity index (χ0) is 24.4. The highest BCUT2D eigenvalue weighted by molar-refractivity contribution is 5.71. The standard InChI is InChI=1S/C29H54O4/c1-3-5-7-9-11-12-13-14-15-16-17-18-19-21-23-25-29(32)33-27(26-28(30)31)24-22-20-10-8-6-4-2/h14-15,27H,3-13,16-26H2,1-2H3,(H,30,31)/b15-14-. The zero-order valence-corrected chi connectivity index (χ0v) is 22.0. The summed E-state index contributed by atoms with van der Waals surface area (Å²) in [6, 6.07) is 0. The Morgan fingerprint density at radius 1 is 0.667 bits per heavy atom. The average molecular weight is 467 g/mol. The Morgan fingerprint density at radius 2 is 1.12 bits per heavy atom. The third-order valence-electron chi connectivity index (χ3n) is 6.22. The lowest BCUT2D eigenvalue weighted by atomic mass is 10.1. The molecule has 0 aliphatic rings. The Kier molecular flexibility index (Phi) is 24.3. The molecular formula is C29H54O4. The van der Waals surface area contributed by atoms with Gasteiger partial charge >= 0.3 is 11.9 Å². The van der Waals surface area contributed by atoms with E-state index in [4.69, 9.17) is 9.84 Å². The molecule has 0 saturated carbocycles. The fourth-order valence-electron chi connectivity index (χ4n) is 4.13. The van der Waals surface area contributed by atoms with Gasteiger partial charge in [-0.15, -0.1) is 0 Å². The predicted octanol–water partition coefficient (Wildman–Crippen LogP) is 9.16. The molecule has 0 rings (SSSR count). The first-order valence-corrected chi connectivity index (χ1v) is 14.2. The molecular weight excluding hydrogens is 412 g/mol. The molecule has 0 aliphatic heterocycles. The zero-order valence-electron chi connectivity index (χ0n) is 22.0. The smallest absolute Gasteiger partial charge is 0.307 e. The summed E-state index contributed by atoms with van der Waals surface area (Å²) >= 11 is 0. The van der Waals surface area contributed by atoms with E-state index in [0.29, 0.717) is 12.8 Å². The molecule has 4 heteroatoms. The molecule has 0 fully saturated rings. The first-order valence-electron chi connectivity index (χ1n) is 14.2. The number of esters is 1. The maximum Gasteiger partial charge on any atom is 0.307 e. The lowest BCUT2D eigenvalue weighted by Crippen LogP contribution is -2.21. The summed E-state index contributed by atoms with van der Waals surface area (Å²) < 4.78 is 5.48. The van der Waals surface area contributed by atoms with Gasteiger partial charge < -0.3 is 9.84 Å². The number of aliphatic carboxylic acids is 1. The van der Waals surface area contributed by atoms with Crippen LogP contribution in [0.2, 0.25) is 0 Å². The van der Waals surface area contributed by atoms with Crippen molar-refractivity contribution >= 4 is 11.9 Å². The van der Waals surface area contributed by atoms with Crippen LogP contribution in [0.25, 0.3) is 0 Å². The van der Waals surface area contributed by atoms with Crippen LogP contribution in [-0.2, 0) is 14.3 Å². The van der Waals surface area contributed by atoms with Crippen molar-refractivity contribution in [1.82, 2.24) is 0 Å². The van der Waals surface area contributed by atoms with Crippen molar-refractivity contribution in [3.05, 3.63) is 12.2 Å². The van der Waals surface area contributed by atoms with Gasteiger partial charge in [-0.05, 0) is 44.9 Å². The van der Waals surface area contributed by atoms with Gasteiger partial charge in [0.05, 0.1) is 6.42 Å². The van der Waals surface area contributed by atoms with Crippen molar-refractivity contribution in [2.75, 3.05) is 0 Å². The van der Waals surface area contributed by atoms with Crippen LogP contribution in [-0.4, -0.2) is 23.1 Å². The normalized spacial score (nSPS) is 12.3. The molecule has 0 spiro atoms. The Labute approximate surface area is 204 Å². The highest BCUT2D eigenvalue weighted by atomic mass is 16.5. The van der Waals surface area contributed by atoms with Crippen molar-refractivity contribution in [3.8, 4) is 0 Å². The molecule has 0 radical (unpaired) electrons. The molecule has 0 amide bonds. The molecule has 1 N–H and O–H groups in total. The van der Waals surface area contributed by atoms with Gasteiger partial charge in [0.2, 0.25) is 0 Å². The van der Waals surface area contributed by atoms with E-state index < -0.39 is 12.1 Å². The van der Waals surface area contributed by atoms with Crippen molar-refractivity contribution < 1.29 is 19.4 Å². The largest absolute Gasteiger partial charge is 0.481 e. The maximum atomic E-state index is 12.1. The summed E-state index contributed by atoms with van der Waals surface area (Å²) in [5.74, 6) is -1.12. The Hall–Kier alpha value is -1.32. The van der Waals surface area contributed by atoms with E-state index in [9.17, 15) is 9.59 Å². The van der Waals surface area contributed by atoms with Gasteiger partial charge in [-0.3, -0.25) is 9.59 Å². The summed E-state index contributed by atoms with van der Waals surface area (Å²) in [7, 11) is 0. The van der Waals surface area contributed by atoms with E-state index in [1.807, 2.05) is 0 Å². The molecule has 0 bridgehead atoms. The highest BCUT2D eigenvalue weighted by Crippen LogP contribution is 2.15. The minimum Gasteiger partial charge on any atom is -0.481 e. The topological polar surface area (TPSA) is 63.6 Å². The number of hydrogen-bond donors (Lipinski definition) is 1. The third kappa shape index (κ3) is 25.1. The molecule has 0 saturated heterocycles. The van der Waals surface area contributed by atoms with Crippen LogP contribution in [0, 0.1) is 0 Å². The Bertz CT molecular complexity index is 472. The van der Waals surface area contributed by atoms with Gasteiger partial charge in [0.25, 0.3) is 0 Å². The molecule has 1 unspecified atom stereocenters. The van der Waals surface area contributed by atoms with Gasteiger partial charge in [-0.25, -0.2) is 0 Å². The second kappa shape index (κ2) is 25.3. The lowest BCUT2D eigenvalue weighted by Gasteiger charge is -2.16. The summed E-state index contributed by atoms with van der Waals surface area (Å²) in [6.45, 7) is 4.45. The molecule has 0 heterocycles.